The Balaban J connectivity index is 0.000000142. The van der Waals surface area contributed by atoms with E-state index in [9.17, 15) is 9.59 Å². The second-order valence-corrected chi connectivity index (χ2v) is 9.09. The Hall–Kier alpha value is -3.62. The molecule has 0 aliphatic carbocycles. The van der Waals surface area contributed by atoms with Crippen molar-refractivity contribution < 1.29 is 19.8 Å². The zero-order chi connectivity index (χ0) is 24.0. The molecule has 2 aliphatic heterocycles. The van der Waals surface area contributed by atoms with Gasteiger partial charge in [0, 0.05) is 58.1 Å². The lowest BCUT2D eigenvalue weighted by molar-refractivity contribution is -0.140. The number of nitrogens with one attached hydrogen (secondary N) is 4. The number of para-hydroxylation sites is 2. The maximum atomic E-state index is 11.1. The van der Waals surface area contributed by atoms with Crippen molar-refractivity contribution >= 4 is 33.7 Å². The number of carboxylic acid groups (broad SMARTS) is 2. The second-order valence-electron chi connectivity index (χ2n) is 9.09. The minimum Gasteiger partial charge on any atom is -0.480 e. The molecule has 6 rings (SSSR count). The van der Waals surface area contributed by atoms with Crippen LogP contribution in [0.25, 0.3) is 21.8 Å². The van der Waals surface area contributed by atoms with E-state index in [0.29, 0.717) is 12.8 Å². The summed E-state index contributed by atoms with van der Waals surface area (Å²) in [6.45, 7) is 3.98. The number of aromatic nitrogens is 2. The quantitative estimate of drug-likeness (QED) is 0.271. The summed E-state index contributed by atoms with van der Waals surface area (Å²) < 4.78 is 0. The van der Waals surface area contributed by atoms with Crippen LogP contribution in [0, 0.1) is 0 Å². The van der Waals surface area contributed by atoms with E-state index in [0.717, 1.165) is 44.3 Å². The number of benzene rings is 2. The van der Waals surface area contributed by atoms with Crippen molar-refractivity contribution in [1.82, 2.24) is 20.6 Å². The molecular formula is C26H28N4O4. The summed E-state index contributed by atoms with van der Waals surface area (Å²) in [5.41, 5.74) is 6.67. The van der Waals surface area contributed by atoms with Crippen molar-refractivity contribution in [3.8, 4) is 0 Å². The first-order valence-corrected chi connectivity index (χ1v) is 11.5. The van der Waals surface area contributed by atoms with E-state index in [1.165, 1.54) is 0 Å². The first-order valence-electron chi connectivity index (χ1n) is 11.5. The van der Waals surface area contributed by atoms with E-state index in [2.05, 4.69) is 20.6 Å². The van der Waals surface area contributed by atoms with Crippen LogP contribution < -0.4 is 10.6 Å². The van der Waals surface area contributed by atoms with Crippen molar-refractivity contribution in [2.24, 2.45) is 0 Å². The van der Waals surface area contributed by atoms with Gasteiger partial charge >= 0.3 is 11.9 Å². The molecule has 8 nitrogen and oxygen atoms in total. The Bertz CT molecular complexity index is 1280. The number of carbonyl (C=O) groups is 2. The summed E-state index contributed by atoms with van der Waals surface area (Å²) in [7, 11) is 0. The topological polar surface area (TPSA) is 130 Å². The number of aromatic amines is 2. The minimum absolute atomic E-state index is 0.0484. The summed E-state index contributed by atoms with van der Waals surface area (Å²) in [6.07, 6.45) is 1.08. The molecule has 0 saturated heterocycles. The molecular weight excluding hydrogens is 432 g/mol. The van der Waals surface area contributed by atoms with Gasteiger partial charge in [0.05, 0.1) is 0 Å². The Morgan fingerprint density at radius 1 is 0.706 bits per heavy atom. The van der Waals surface area contributed by atoms with Gasteiger partial charge in [-0.25, -0.2) is 0 Å². The molecule has 2 aromatic carbocycles. The third kappa shape index (κ3) is 3.85. The number of hydrogen-bond acceptors (Lipinski definition) is 4. The van der Waals surface area contributed by atoms with E-state index in [1.54, 1.807) is 0 Å². The summed E-state index contributed by atoms with van der Waals surface area (Å²) >= 11 is 0. The zero-order valence-electron chi connectivity index (χ0n) is 19.1. The van der Waals surface area contributed by atoms with E-state index >= 15 is 0 Å². The monoisotopic (exact) mass is 460 g/mol. The van der Waals surface area contributed by atoms with E-state index < -0.39 is 24.0 Å². The predicted octanol–water partition coefficient (Wildman–Crippen LogP) is 3.66. The highest BCUT2D eigenvalue weighted by Crippen LogP contribution is 2.32. The van der Waals surface area contributed by atoms with Crippen LogP contribution in [0.1, 0.15) is 48.4 Å². The Kier molecular flexibility index (Phi) is 5.63. The van der Waals surface area contributed by atoms with Gasteiger partial charge in [-0.15, -0.1) is 0 Å². The molecule has 176 valence electrons. The molecule has 4 atom stereocenters. The number of hydrogen-bond donors (Lipinski definition) is 6. The fourth-order valence-corrected chi connectivity index (χ4v) is 5.23. The normalized spacial score (nSPS) is 23.6. The first-order chi connectivity index (χ1) is 16.3. The highest BCUT2D eigenvalue weighted by atomic mass is 16.4. The fraction of sp³-hybridized carbons (Fsp3) is 0.308. The Labute approximate surface area is 196 Å². The molecule has 0 bridgehead atoms. The minimum atomic E-state index is -0.784. The molecule has 0 amide bonds. The number of carboxylic acids is 2. The number of fused-ring (bicyclic) bond motifs is 6. The molecule has 8 heteroatoms. The van der Waals surface area contributed by atoms with Gasteiger partial charge in [-0.3, -0.25) is 20.2 Å². The summed E-state index contributed by atoms with van der Waals surface area (Å²) in [5, 5.41) is 26.7. The summed E-state index contributed by atoms with van der Waals surface area (Å²) in [4.78, 5) is 28.9. The highest BCUT2D eigenvalue weighted by Gasteiger charge is 2.31. The van der Waals surface area contributed by atoms with Crippen molar-refractivity contribution in [2.75, 3.05) is 0 Å². The smallest absolute Gasteiger partial charge is 0.321 e. The lowest BCUT2D eigenvalue weighted by Gasteiger charge is -2.26. The van der Waals surface area contributed by atoms with Gasteiger partial charge in [0.2, 0.25) is 0 Å². The third-order valence-corrected chi connectivity index (χ3v) is 6.87. The molecule has 4 unspecified atom stereocenters. The van der Waals surface area contributed by atoms with Crippen LogP contribution in [0.15, 0.2) is 48.5 Å². The molecule has 0 radical (unpaired) electrons. The summed E-state index contributed by atoms with van der Waals surface area (Å²) in [5.74, 6) is -1.57. The van der Waals surface area contributed by atoms with Crippen LogP contribution >= 0.6 is 0 Å². The second kappa shape index (κ2) is 8.62. The van der Waals surface area contributed by atoms with E-state index in [1.807, 2.05) is 62.4 Å². The molecule has 6 N–H and O–H groups in total. The number of rotatable bonds is 2. The van der Waals surface area contributed by atoms with Crippen LogP contribution in [0.4, 0.5) is 0 Å². The number of H-pyrrole nitrogens is 2. The van der Waals surface area contributed by atoms with Crippen LogP contribution in [-0.4, -0.2) is 44.2 Å². The van der Waals surface area contributed by atoms with Crippen molar-refractivity contribution in [2.45, 2.75) is 50.9 Å². The van der Waals surface area contributed by atoms with Crippen LogP contribution in [0.2, 0.25) is 0 Å². The van der Waals surface area contributed by atoms with E-state index in [-0.39, 0.29) is 12.1 Å². The van der Waals surface area contributed by atoms with Gasteiger partial charge in [-0.1, -0.05) is 36.4 Å². The van der Waals surface area contributed by atoms with Gasteiger partial charge in [0.1, 0.15) is 12.1 Å². The predicted molar refractivity (Wildman–Crippen MR) is 130 cm³/mol. The lowest BCUT2D eigenvalue weighted by Crippen LogP contribution is -2.43. The molecule has 2 aromatic heterocycles. The van der Waals surface area contributed by atoms with Crippen molar-refractivity contribution in [3.63, 3.8) is 0 Å². The van der Waals surface area contributed by atoms with Gasteiger partial charge in [0.15, 0.2) is 0 Å². The molecule has 2 aliphatic rings. The van der Waals surface area contributed by atoms with Crippen molar-refractivity contribution in [3.05, 3.63) is 71.0 Å². The lowest BCUT2D eigenvalue weighted by atomic mass is 9.95. The third-order valence-electron chi connectivity index (χ3n) is 6.87. The number of aliphatic carboxylic acids is 2. The molecule has 0 saturated carbocycles. The summed E-state index contributed by atoms with van der Waals surface area (Å²) in [6, 6.07) is 15.2. The van der Waals surface area contributed by atoms with Crippen LogP contribution in [0.5, 0.6) is 0 Å². The van der Waals surface area contributed by atoms with E-state index in [4.69, 9.17) is 10.2 Å². The molecule has 0 fully saturated rings. The van der Waals surface area contributed by atoms with Crippen LogP contribution in [0.3, 0.4) is 0 Å². The van der Waals surface area contributed by atoms with Gasteiger partial charge in [0.25, 0.3) is 0 Å². The SMILES string of the molecule is CC1NC(C(=O)O)Cc2c1[nH]c1ccccc21.CC1NC(C(=O)O)Cc2c1[nH]c1ccccc21. The molecule has 0 spiro atoms. The van der Waals surface area contributed by atoms with Gasteiger partial charge in [-0.2, -0.15) is 0 Å². The Morgan fingerprint density at radius 3 is 1.47 bits per heavy atom. The highest BCUT2D eigenvalue weighted by molar-refractivity contribution is 5.87. The maximum Gasteiger partial charge on any atom is 0.321 e. The zero-order valence-corrected chi connectivity index (χ0v) is 19.1. The first kappa shape index (κ1) is 22.2. The average molecular weight is 461 g/mol. The molecule has 4 aromatic rings. The van der Waals surface area contributed by atoms with Gasteiger partial charge < -0.3 is 20.2 Å². The Morgan fingerprint density at radius 2 is 1.09 bits per heavy atom. The maximum absolute atomic E-state index is 11.1. The van der Waals surface area contributed by atoms with Crippen LogP contribution in [-0.2, 0) is 22.4 Å². The average Bonchev–Trinajstić information content (AvgIpc) is 3.39. The van der Waals surface area contributed by atoms with Gasteiger partial charge in [-0.05, 0) is 37.1 Å². The largest absolute Gasteiger partial charge is 0.480 e. The van der Waals surface area contributed by atoms with Crippen molar-refractivity contribution in [1.29, 1.82) is 0 Å². The molecule has 4 heterocycles. The molecule has 34 heavy (non-hydrogen) atoms. The standard InChI is InChI=1S/2C13H14N2O2/c2*1-7-12-9(6-11(14-7)13(16)17)8-4-2-3-5-10(8)15-12/h2*2-5,7,11,14-15H,6H2,1H3,(H,16,17). The fourth-order valence-electron chi connectivity index (χ4n) is 5.23.